The van der Waals surface area contributed by atoms with E-state index in [-0.39, 0.29) is 12.2 Å². The molecule has 0 saturated heterocycles. The SMILES string of the molecule is CCCC(=O)O[C@H](C(=O)c1ccc(OC)cc1)c1ccc(OC)cc1. The van der Waals surface area contributed by atoms with E-state index >= 15 is 0 Å². The minimum absolute atomic E-state index is 0.266. The fraction of sp³-hybridized carbons (Fsp3) is 0.300. The molecule has 1 atom stereocenters. The number of ether oxygens (including phenoxy) is 3. The summed E-state index contributed by atoms with van der Waals surface area (Å²) >= 11 is 0. The predicted octanol–water partition coefficient (Wildman–Crippen LogP) is 3.97. The topological polar surface area (TPSA) is 61.8 Å². The van der Waals surface area contributed by atoms with Gasteiger partial charge in [-0.25, -0.2) is 0 Å². The van der Waals surface area contributed by atoms with Crippen LogP contribution in [0.15, 0.2) is 48.5 Å². The summed E-state index contributed by atoms with van der Waals surface area (Å²) in [5.74, 6) is 0.641. The summed E-state index contributed by atoms with van der Waals surface area (Å²) in [5, 5.41) is 0. The Kier molecular flexibility index (Phi) is 6.57. The maximum Gasteiger partial charge on any atom is 0.306 e. The van der Waals surface area contributed by atoms with Crippen LogP contribution in [-0.4, -0.2) is 26.0 Å². The maximum absolute atomic E-state index is 12.9. The summed E-state index contributed by atoms with van der Waals surface area (Å²) in [4.78, 5) is 24.9. The van der Waals surface area contributed by atoms with E-state index in [0.29, 0.717) is 29.0 Å². The van der Waals surface area contributed by atoms with Gasteiger partial charge in [-0.1, -0.05) is 19.1 Å². The monoisotopic (exact) mass is 342 g/mol. The van der Waals surface area contributed by atoms with E-state index in [1.165, 1.54) is 0 Å². The largest absolute Gasteiger partial charge is 0.497 e. The van der Waals surface area contributed by atoms with Crippen molar-refractivity contribution in [1.29, 1.82) is 0 Å². The third-order valence-electron chi connectivity index (χ3n) is 3.73. The number of hydrogen-bond acceptors (Lipinski definition) is 5. The molecule has 25 heavy (non-hydrogen) atoms. The van der Waals surface area contributed by atoms with Crippen LogP contribution in [0.1, 0.15) is 41.8 Å². The Hall–Kier alpha value is -2.82. The lowest BCUT2D eigenvalue weighted by Crippen LogP contribution is -2.20. The molecule has 0 aliphatic heterocycles. The summed E-state index contributed by atoms with van der Waals surface area (Å²) in [6, 6.07) is 13.6. The molecule has 0 spiro atoms. The van der Waals surface area contributed by atoms with Crippen molar-refractivity contribution in [3.05, 3.63) is 59.7 Å². The molecule has 0 aliphatic carbocycles. The van der Waals surface area contributed by atoms with Crippen LogP contribution in [0.25, 0.3) is 0 Å². The number of methoxy groups -OCH3 is 2. The minimum Gasteiger partial charge on any atom is -0.497 e. The highest BCUT2D eigenvalue weighted by Gasteiger charge is 2.26. The molecular formula is C20H22O5. The second-order valence-electron chi connectivity index (χ2n) is 5.49. The van der Waals surface area contributed by atoms with Crippen molar-refractivity contribution in [2.45, 2.75) is 25.9 Å². The summed E-state index contributed by atoms with van der Waals surface area (Å²) in [7, 11) is 3.12. The first-order valence-electron chi connectivity index (χ1n) is 8.10. The van der Waals surface area contributed by atoms with Crippen LogP contribution in [0.2, 0.25) is 0 Å². The highest BCUT2D eigenvalue weighted by Crippen LogP contribution is 2.26. The molecule has 2 rings (SSSR count). The van der Waals surface area contributed by atoms with Gasteiger partial charge in [0.2, 0.25) is 5.78 Å². The van der Waals surface area contributed by atoms with Gasteiger partial charge in [-0.15, -0.1) is 0 Å². The number of Topliss-reactive ketones (excluding diaryl/α,β-unsaturated/α-hetero) is 1. The van der Waals surface area contributed by atoms with Crippen molar-refractivity contribution < 1.29 is 23.8 Å². The van der Waals surface area contributed by atoms with Crippen LogP contribution in [0.4, 0.5) is 0 Å². The Balaban J connectivity index is 2.30. The first kappa shape index (κ1) is 18.5. The van der Waals surface area contributed by atoms with E-state index in [4.69, 9.17) is 14.2 Å². The average molecular weight is 342 g/mol. The highest BCUT2D eigenvalue weighted by atomic mass is 16.5. The van der Waals surface area contributed by atoms with E-state index in [0.717, 1.165) is 0 Å². The van der Waals surface area contributed by atoms with Crippen molar-refractivity contribution in [3.63, 3.8) is 0 Å². The predicted molar refractivity (Wildman–Crippen MR) is 94.1 cm³/mol. The molecule has 5 heteroatoms. The molecule has 5 nitrogen and oxygen atoms in total. The Labute approximate surface area is 147 Å². The van der Waals surface area contributed by atoms with Crippen molar-refractivity contribution in [1.82, 2.24) is 0 Å². The molecule has 0 fully saturated rings. The van der Waals surface area contributed by atoms with Crippen molar-refractivity contribution in [3.8, 4) is 11.5 Å². The smallest absolute Gasteiger partial charge is 0.306 e. The van der Waals surface area contributed by atoms with Crippen LogP contribution < -0.4 is 9.47 Å². The van der Waals surface area contributed by atoms with Gasteiger partial charge < -0.3 is 14.2 Å². The van der Waals surface area contributed by atoms with Crippen molar-refractivity contribution >= 4 is 11.8 Å². The van der Waals surface area contributed by atoms with Crippen LogP contribution >= 0.6 is 0 Å². The summed E-state index contributed by atoms with van der Waals surface area (Å²) in [6.07, 6.45) is -0.0636. The fourth-order valence-corrected chi connectivity index (χ4v) is 2.35. The number of rotatable bonds is 8. The molecular weight excluding hydrogens is 320 g/mol. The van der Waals surface area contributed by atoms with E-state index < -0.39 is 12.1 Å². The van der Waals surface area contributed by atoms with Gasteiger partial charge in [-0.3, -0.25) is 9.59 Å². The number of benzene rings is 2. The molecule has 0 saturated carbocycles. The Morgan fingerprint density at radius 3 is 1.88 bits per heavy atom. The molecule has 132 valence electrons. The zero-order valence-electron chi connectivity index (χ0n) is 14.7. The zero-order chi connectivity index (χ0) is 18.2. The summed E-state index contributed by atoms with van der Waals surface area (Å²) in [6.45, 7) is 1.88. The van der Waals surface area contributed by atoms with Gasteiger partial charge in [0.05, 0.1) is 14.2 Å². The molecule has 0 N–H and O–H groups in total. The zero-order valence-corrected chi connectivity index (χ0v) is 14.7. The molecule has 0 aromatic heterocycles. The van der Waals surface area contributed by atoms with Crippen molar-refractivity contribution in [2.24, 2.45) is 0 Å². The lowest BCUT2D eigenvalue weighted by atomic mass is 9.99. The molecule has 0 unspecified atom stereocenters. The van der Waals surface area contributed by atoms with E-state index in [9.17, 15) is 9.59 Å². The van der Waals surface area contributed by atoms with Crippen molar-refractivity contribution in [2.75, 3.05) is 14.2 Å². The Morgan fingerprint density at radius 1 is 0.880 bits per heavy atom. The molecule has 0 heterocycles. The van der Waals surface area contributed by atoms with E-state index in [2.05, 4.69) is 0 Å². The Bertz CT molecular complexity index is 704. The maximum atomic E-state index is 12.9. The number of carbonyl (C=O) groups excluding carboxylic acids is 2. The number of esters is 1. The molecule has 2 aromatic carbocycles. The standard InChI is InChI=1S/C20H22O5/c1-4-5-18(21)25-20(15-8-12-17(24-3)13-9-15)19(22)14-6-10-16(23-2)11-7-14/h6-13,20H,4-5H2,1-3H3/t20-/m0/s1. The lowest BCUT2D eigenvalue weighted by molar-refractivity contribution is -0.147. The van der Waals surface area contributed by atoms with Gasteiger partial charge in [-0.05, 0) is 42.8 Å². The molecule has 0 radical (unpaired) electrons. The van der Waals surface area contributed by atoms with Crippen LogP contribution in [-0.2, 0) is 9.53 Å². The molecule has 2 aromatic rings. The Morgan fingerprint density at radius 2 is 1.40 bits per heavy atom. The second kappa shape index (κ2) is 8.87. The average Bonchev–Trinajstić information content (AvgIpc) is 2.66. The van der Waals surface area contributed by atoms with Gasteiger partial charge in [0.15, 0.2) is 6.10 Å². The van der Waals surface area contributed by atoms with Crippen LogP contribution in [0.3, 0.4) is 0 Å². The minimum atomic E-state index is -0.988. The first-order valence-corrected chi connectivity index (χ1v) is 8.10. The molecule has 0 aliphatic rings. The summed E-state index contributed by atoms with van der Waals surface area (Å²) < 4.78 is 15.7. The van der Waals surface area contributed by atoms with E-state index in [1.54, 1.807) is 62.8 Å². The first-order chi connectivity index (χ1) is 12.1. The number of ketones is 1. The normalized spacial score (nSPS) is 11.5. The fourth-order valence-electron chi connectivity index (χ4n) is 2.35. The van der Waals surface area contributed by atoms with Gasteiger partial charge in [-0.2, -0.15) is 0 Å². The summed E-state index contributed by atoms with van der Waals surface area (Å²) in [5.41, 5.74) is 1.05. The van der Waals surface area contributed by atoms with Gasteiger partial charge >= 0.3 is 5.97 Å². The second-order valence-corrected chi connectivity index (χ2v) is 5.49. The van der Waals surface area contributed by atoms with Gasteiger partial charge in [0.1, 0.15) is 11.5 Å². The number of carbonyl (C=O) groups is 2. The van der Waals surface area contributed by atoms with Gasteiger partial charge in [0, 0.05) is 17.5 Å². The molecule has 0 amide bonds. The van der Waals surface area contributed by atoms with Crippen LogP contribution in [0, 0.1) is 0 Å². The van der Waals surface area contributed by atoms with Gasteiger partial charge in [0.25, 0.3) is 0 Å². The lowest BCUT2D eigenvalue weighted by Gasteiger charge is -2.18. The number of hydrogen-bond donors (Lipinski definition) is 0. The third-order valence-corrected chi connectivity index (χ3v) is 3.73. The van der Waals surface area contributed by atoms with E-state index in [1.807, 2.05) is 6.92 Å². The van der Waals surface area contributed by atoms with Crippen LogP contribution in [0.5, 0.6) is 11.5 Å². The third kappa shape index (κ3) is 4.83. The quantitative estimate of drug-likeness (QED) is 0.536. The molecule has 0 bridgehead atoms. The highest BCUT2D eigenvalue weighted by molar-refractivity contribution is 6.01.